The van der Waals surface area contributed by atoms with Gasteiger partial charge in [-0.25, -0.2) is 0 Å². The lowest BCUT2D eigenvalue weighted by atomic mass is 9.83. The van der Waals surface area contributed by atoms with Crippen LogP contribution in [-0.2, 0) is 4.74 Å². The fourth-order valence-corrected chi connectivity index (χ4v) is 5.15. The summed E-state index contributed by atoms with van der Waals surface area (Å²) < 4.78 is 10.8. The van der Waals surface area contributed by atoms with E-state index in [1.165, 1.54) is 45.2 Å². The molecule has 7 nitrogen and oxygen atoms in total. The van der Waals surface area contributed by atoms with Crippen LogP contribution in [0, 0.1) is 5.92 Å². The number of H-pyrrole nitrogens is 1. The average Bonchev–Trinajstić information content (AvgIpc) is 3.31. The molecule has 168 valence electrons. The molecule has 1 N–H and O–H groups in total. The molecule has 1 amide bonds. The number of para-hydroxylation sites is 1. The SMILES string of the molecule is COCCN(C[C@H]1CCCN2CCCC[C@H]12)C(=O)c1cc(-c2ccccc2OC)n[nH]1. The second kappa shape index (κ2) is 10.3. The minimum absolute atomic E-state index is 0.0152. The Labute approximate surface area is 184 Å². The van der Waals surface area contributed by atoms with Crippen molar-refractivity contribution < 1.29 is 14.3 Å². The van der Waals surface area contributed by atoms with Crippen LogP contribution in [0.5, 0.6) is 5.75 Å². The summed E-state index contributed by atoms with van der Waals surface area (Å²) in [5, 5.41) is 7.36. The molecule has 31 heavy (non-hydrogen) atoms. The number of carbonyl (C=O) groups excluding carboxylic acids is 1. The maximum atomic E-state index is 13.4. The van der Waals surface area contributed by atoms with E-state index >= 15 is 0 Å². The standard InChI is InChI=1S/C24H34N4O3/c1-30-15-14-28(17-18-8-7-13-27-12-6-5-10-22(18)27)24(29)21-16-20(25-26-21)19-9-3-4-11-23(19)31-2/h3-4,9,11,16,18,22H,5-8,10,12-15,17H2,1-2H3,(H,25,26)/t18-,22-/m1/s1. The van der Waals surface area contributed by atoms with Crippen molar-refractivity contribution in [3.63, 3.8) is 0 Å². The fraction of sp³-hybridized carbons (Fsp3) is 0.583. The van der Waals surface area contributed by atoms with Crippen LogP contribution in [0.1, 0.15) is 42.6 Å². The number of methoxy groups -OCH3 is 2. The van der Waals surface area contributed by atoms with Crippen LogP contribution in [0.3, 0.4) is 0 Å². The molecule has 7 heteroatoms. The number of amides is 1. The van der Waals surface area contributed by atoms with Crippen LogP contribution in [0.15, 0.2) is 30.3 Å². The molecule has 4 rings (SSSR count). The van der Waals surface area contributed by atoms with E-state index in [4.69, 9.17) is 9.47 Å². The zero-order valence-corrected chi connectivity index (χ0v) is 18.7. The maximum absolute atomic E-state index is 13.4. The molecule has 2 aliphatic rings. The number of aromatic nitrogens is 2. The van der Waals surface area contributed by atoms with Gasteiger partial charge in [-0.15, -0.1) is 0 Å². The number of carbonyl (C=O) groups is 1. The first-order valence-corrected chi connectivity index (χ1v) is 11.4. The highest BCUT2D eigenvalue weighted by Crippen LogP contribution is 2.32. The van der Waals surface area contributed by atoms with Crippen molar-refractivity contribution in [3.8, 4) is 17.0 Å². The molecular formula is C24H34N4O3. The average molecular weight is 427 g/mol. The number of ether oxygens (including phenoxy) is 2. The Kier molecular flexibility index (Phi) is 7.25. The maximum Gasteiger partial charge on any atom is 0.271 e. The number of nitrogens with one attached hydrogen (secondary N) is 1. The van der Waals surface area contributed by atoms with Gasteiger partial charge in [0.25, 0.3) is 5.91 Å². The minimum atomic E-state index is -0.0152. The molecule has 0 aliphatic carbocycles. The van der Waals surface area contributed by atoms with E-state index < -0.39 is 0 Å². The van der Waals surface area contributed by atoms with Crippen molar-refractivity contribution in [2.75, 3.05) is 47.0 Å². The summed E-state index contributed by atoms with van der Waals surface area (Å²) in [6.07, 6.45) is 6.25. The molecule has 0 radical (unpaired) electrons. The van der Waals surface area contributed by atoms with Crippen molar-refractivity contribution in [2.45, 2.75) is 38.1 Å². The van der Waals surface area contributed by atoms with Crippen LogP contribution in [-0.4, -0.2) is 79.0 Å². The molecule has 2 saturated heterocycles. The molecule has 2 atom stereocenters. The molecule has 2 aliphatic heterocycles. The zero-order valence-electron chi connectivity index (χ0n) is 18.7. The topological polar surface area (TPSA) is 70.7 Å². The molecule has 2 fully saturated rings. The van der Waals surface area contributed by atoms with Gasteiger partial charge in [0.1, 0.15) is 11.4 Å². The first-order valence-electron chi connectivity index (χ1n) is 11.4. The van der Waals surface area contributed by atoms with Crippen LogP contribution in [0.25, 0.3) is 11.3 Å². The lowest BCUT2D eigenvalue weighted by molar-refractivity contribution is 0.0313. The highest BCUT2D eigenvalue weighted by Gasteiger charge is 2.35. The summed E-state index contributed by atoms with van der Waals surface area (Å²) in [5.74, 6) is 1.24. The Morgan fingerprint density at radius 2 is 2.03 bits per heavy atom. The van der Waals surface area contributed by atoms with Gasteiger partial charge in [-0.05, 0) is 62.9 Å². The van der Waals surface area contributed by atoms with Crippen molar-refractivity contribution in [2.24, 2.45) is 5.92 Å². The lowest BCUT2D eigenvalue weighted by Gasteiger charge is -2.45. The Morgan fingerprint density at radius 1 is 1.19 bits per heavy atom. The Morgan fingerprint density at radius 3 is 2.87 bits per heavy atom. The van der Waals surface area contributed by atoms with Crippen LogP contribution >= 0.6 is 0 Å². The Balaban J connectivity index is 1.51. The number of aromatic amines is 1. The van der Waals surface area contributed by atoms with E-state index in [1.807, 2.05) is 35.2 Å². The molecule has 0 bridgehead atoms. The van der Waals surface area contributed by atoms with Gasteiger partial charge < -0.3 is 19.3 Å². The highest BCUT2D eigenvalue weighted by atomic mass is 16.5. The summed E-state index contributed by atoms with van der Waals surface area (Å²) in [4.78, 5) is 18.0. The summed E-state index contributed by atoms with van der Waals surface area (Å²) in [7, 11) is 3.32. The minimum Gasteiger partial charge on any atom is -0.496 e. The number of fused-ring (bicyclic) bond motifs is 1. The van der Waals surface area contributed by atoms with Crippen LogP contribution in [0.2, 0.25) is 0 Å². The fourth-order valence-electron chi connectivity index (χ4n) is 5.15. The van der Waals surface area contributed by atoms with Crippen LogP contribution < -0.4 is 4.74 Å². The van der Waals surface area contributed by atoms with Gasteiger partial charge in [0.15, 0.2) is 0 Å². The van der Waals surface area contributed by atoms with Gasteiger partial charge >= 0.3 is 0 Å². The monoisotopic (exact) mass is 426 g/mol. The summed E-state index contributed by atoms with van der Waals surface area (Å²) in [6, 6.07) is 10.1. The lowest BCUT2D eigenvalue weighted by Crippen LogP contribution is -2.52. The third kappa shape index (κ3) is 4.93. The Bertz CT molecular complexity index is 866. The summed E-state index contributed by atoms with van der Waals surface area (Å²) in [5.41, 5.74) is 2.09. The number of rotatable bonds is 8. The number of nitrogens with zero attached hydrogens (tertiary/aromatic N) is 3. The highest BCUT2D eigenvalue weighted by molar-refractivity contribution is 5.93. The van der Waals surface area contributed by atoms with Crippen molar-refractivity contribution in [3.05, 3.63) is 36.0 Å². The van der Waals surface area contributed by atoms with E-state index in [1.54, 1.807) is 14.2 Å². The van der Waals surface area contributed by atoms with Crippen LogP contribution in [0.4, 0.5) is 0 Å². The van der Waals surface area contributed by atoms with Gasteiger partial charge in [0.2, 0.25) is 0 Å². The second-order valence-electron chi connectivity index (χ2n) is 8.61. The molecule has 0 spiro atoms. The van der Waals surface area contributed by atoms with E-state index in [2.05, 4.69) is 15.1 Å². The molecule has 1 aromatic carbocycles. The predicted octanol–water partition coefficient (Wildman–Crippen LogP) is 3.44. The van der Waals surface area contributed by atoms with Gasteiger partial charge in [-0.2, -0.15) is 5.10 Å². The van der Waals surface area contributed by atoms with E-state index in [9.17, 15) is 4.79 Å². The number of benzene rings is 1. The second-order valence-corrected chi connectivity index (χ2v) is 8.61. The number of hydrogen-bond donors (Lipinski definition) is 1. The normalized spacial score (nSPS) is 21.5. The molecular weight excluding hydrogens is 392 g/mol. The Hall–Kier alpha value is -2.38. The van der Waals surface area contributed by atoms with Gasteiger partial charge in [0, 0.05) is 31.8 Å². The molecule has 0 saturated carbocycles. The summed E-state index contributed by atoms with van der Waals surface area (Å²) in [6.45, 7) is 4.29. The zero-order chi connectivity index (χ0) is 21.6. The van der Waals surface area contributed by atoms with E-state index in [0.717, 1.165) is 17.9 Å². The molecule has 2 aromatic rings. The smallest absolute Gasteiger partial charge is 0.271 e. The molecule has 3 heterocycles. The third-order valence-corrected chi connectivity index (χ3v) is 6.73. The first kappa shape index (κ1) is 21.8. The first-order chi connectivity index (χ1) is 15.2. The van der Waals surface area contributed by atoms with Crippen molar-refractivity contribution in [1.29, 1.82) is 0 Å². The van der Waals surface area contributed by atoms with Gasteiger partial charge in [-0.3, -0.25) is 9.89 Å². The third-order valence-electron chi connectivity index (χ3n) is 6.73. The van der Waals surface area contributed by atoms with E-state index in [-0.39, 0.29) is 5.91 Å². The van der Waals surface area contributed by atoms with Gasteiger partial charge in [-0.1, -0.05) is 18.6 Å². The quantitative estimate of drug-likeness (QED) is 0.700. The molecule has 0 unspecified atom stereocenters. The summed E-state index contributed by atoms with van der Waals surface area (Å²) >= 11 is 0. The van der Waals surface area contributed by atoms with E-state index in [0.29, 0.717) is 36.5 Å². The molecule has 1 aromatic heterocycles. The van der Waals surface area contributed by atoms with Crippen molar-refractivity contribution >= 4 is 5.91 Å². The largest absolute Gasteiger partial charge is 0.496 e. The predicted molar refractivity (Wildman–Crippen MR) is 120 cm³/mol. The number of hydrogen-bond acceptors (Lipinski definition) is 5. The van der Waals surface area contributed by atoms with Crippen molar-refractivity contribution in [1.82, 2.24) is 20.0 Å². The number of piperidine rings is 2. The van der Waals surface area contributed by atoms with Gasteiger partial charge in [0.05, 0.1) is 19.4 Å².